The Hall–Kier alpha value is -1.47. The zero-order valence-electron chi connectivity index (χ0n) is 12.5. The first-order chi connectivity index (χ1) is 10.2. The molecule has 2 amide bonds. The van der Waals surface area contributed by atoms with E-state index in [-0.39, 0.29) is 17.9 Å². The van der Waals surface area contributed by atoms with Crippen LogP contribution in [0.15, 0.2) is 5.10 Å². The van der Waals surface area contributed by atoms with Gasteiger partial charge in [-0.3, -0.25) is 9.59 Å². The molecule has 1 fully saturated rings. The molecule has 0 atom stereocenters. The number of ether oxygens (including phenoxy) is 2. The van der Waals surface area contributed by atoms with Crippen LogP contribution in [0.5, 0.6) is 0 Å². The Morgan fingerprint density at radius 2 is 2.10 bits per heavy atom. The smallest absolute Gasteiger partial charge is 0.270 e. The summed E-state index contributed by atoms with van der Waals surface area (Å²) in [6.07, 6.45) is 2.62. The van der Waals surface area contributed by atoms with Gasteiger partial charge >= 0.3 is 0 Å². The fourth-order valence-electron chi connectivity index (χ4n) is 2.45. The topological polar surface area (TPSA) is 80.2 Å². The van der Waals surface area contributed by atoms with Gasteiger partial charge in [0.05, 0.1) is 19.3 Å². The van der Waals surface area contributed by atoms with Crippen LogP contribution in [0.25, 0.3) is 0 Å². The van der Waals surface area contributed by atoms with Crippen molar-refractivity contribution >= 4 is 17.5 Å². The molecule has 21 heavy (non-hydrogen) atoms. The first-order valence-electron chi connectivity index (χ1n) is 7.54. The van der Waals surface area contributed by atoms with E-state index in [9.17, 15) is 9.59 Å². The summed E-state index contributed by atoms with van der Waals surface area (Å²) in [4.78, 5) is 25.1. The van der Waals surface area contributed by atoms with Crippen LogP contribution >= 0.6 is 0 Å². The highest BCUT2D eigenvalue weighted by molar-refractivity contribution is 6.39. The molecule has 7 nitrogen and oxygen atoms in total. The minimum Gasteiger partial charge on any atom is -0.379 e. The Bertz CT molecular complexity index is 403. The van der Waals surface area contributed by atoms with Gasteiger partial charge in [0.2, 0.25) is 5.91 Å². The second kappa shape index (κ2) is 8.09. The third-order valence-electron chi connectivity index (χ3n) is 3.67. The van der Waals surface area contributed by atoms with Gasteiger partial charge in [-0.15, -0.1) is 0 Å². The lowest BCUT2D eigenvalue weighted by atomic mass is 10.1. The monoisotopic (exact) mass is 297 g/mol. The van der Waals surface area contributed by atoms with Crippen LogP contribution in [0.3, 0.4) is 0 Å². The molecule has 2 aliphatic heterocycles. The third kappa shape index (κ3) is 4.78. The van der Waals surface area contributed by atoms with Crippen molar-refractivity contribution in [3.8, 4) is 0 Å². The maximum atomic E-state index is 12.2. The summed E-state index contributed by atoms with van der Waals surface area (Å²) in [7, 11) is 0. The van der Waals surface area contributed by atoms with Crippen molar-refractivity contribution in [2.24, 2.45) is 5.10 Å². The maximum Gasteiger partial charge on any atom is 0.270 e. The average molecular weight is 297 g/mol. The number of rotatable bonds is 6. The van der Waals surface area contributed by atoms with E-state index in [1.54, 1.807) is 4.90 Å². The van der Waals surface area contributed by atoms with Crippen LogP contribution in [0.4, 0.5) is 0 Å². The minimum atomic E-state index is -0.132. The average Bonchev–Trinajstić information content (AvgIpc) is 2.52. The molecule has 0 aromatic carbocycles. The molecule has 0 unspecified atom stereocenters. The SMILES string of the molecule is CCOCCOC1CCN(C(=O)C2=NNC(=O)CC2)CC1. The molecular formula is C14H23N3O4. The molecule has 0 aromatic heterocycles. The highest BCUT2D eigenvalue weighted by Crippen LogP contribution is 2.15. The first kappa shape index (κ1) is 15.9. The van der Waals surface area contributed by atoms with E-state index >= 15 is 0 Å². The number of amides is 2. The van der Waals surface area contributed by atoms with E-state index in [1.807, 2.05) is 6.92 Å². The molecule has 0 spiro atoms. The van der Waals surface area contributed by atoms with Gasteiger partial charge < -0.3 is 14.4 Å². The zero-order chi connectivity index (χ0) is 15.1. The molecule has 0 aliphatic carbocycles. The maximum absolute atomic E-state index is 12.2. The second-order valence-corrected chi connectivity index (χ2v) is 5.15. The molecule has 1 saturated heterocycles. The van der Waals surface area contributed by atoms with E-state index in [0.29, 0.717) is 51.5 Å². The fraction of sp³-hybridized carbons (Fsp3) is 0.786. The van der Waals surface area contributed by atoms with Crippen molar-refractivity contribution in [3.05, 3.63) is 0 Å². The summed E-state index contributed by atoms with van der Waals surface area (Å²) >= 11 is 0. The number of carbonyl (C=O) groups is 2. The predicted molar refractivity (Wildman–Crippen MR) is 76.9 cm³/mol. The van der Waals surface area contributed by atoms with E-state index in [0.717, 1.165) is 12.8 Å². The highest BCUT2D eigenvalue weighted by Gasteiger charge is 2.27. The van der Waals surface area contributed by atoms with Crippen LogP contribution in [0, 0.1) is 0 Å². The Kier molecular flexibility index (Phi) is 6.13. The van der Waals surface area contributed by atoms with Crippen LogP contribution in [0.1, 0.15) is 32.6 Å². The van der Waals surface area contributed by atoms with Crippen LogP contribution in [-0.4, -0.2) is 61.4 Å². The minimum absolute atomic E-state index is 0.0669. The van der Waals surface area contributed by atoms with Gasteiger partial charge in [0.15, 0.2) is 0 Å². The summed E-state index contributed by atoms with van der Waals surface area (Å²) in [6, 6.07) is 0. The van der Waals surface area contributed by atoms with Gasteiger partial charge in [0.1, 0.15) is 5.71 Å². The normalized spacial score (nSPS) is 20.1. The van der Waals surface area contributed by atoms with Crippen molar-refractivity contribution in [2.45, 2.75) is 38.7 Å². The van der Waals surface area contributed by atoms with Gasteiger partial charge in [0.25, 0.3) is 5.91 Å². The van der Waals surface area contributed by atoms with Crippen LogP contribution in [-0.2, 0) is 19.1 Å². The Labute approximate surface area is 124 Å². The quantitative estimate of drug-likeness (QED) is 0.715. The molecule has 1 N–H and O–H groups in total. The molecule has 0 bridgehead atoms. The number of hydrogen-bond donors (Lipinski definition) is 1. The fourth-order valence-corrected chi connectivity index (χ4v) is 2.45. The van der Waals surface area contributed by atoms with Gasteiger partial charge in [-0.05, 0) is 19.8 Å². The van der Waals surface area contributed by atoms with E-state index in [1.165, 1.54) is 0 Å². The Morgan fingerprint density at radius 3 is 2.71 bits per heavy atom. The molecule has 0 aromatic rings. The Balaban J connectivity index is 1.71. The Morgan fingerprint density at radius 1 is 1.33 bits per heavy atom. The molecule has 0 saturated carbocycles. The number of hydrogen-bond acceptors (Lipinski definition) is 5. The number of hydrazone groups is 1. The number of piperidine rings is 1. The van der Waals surface area contributed by atoms with Crippen LogP contribution in [0.2, 0.25) is 0 Å². The largest absolute Gasteiger partial charge is 0.379 e. The van der Waals surface area contributed by atoms with Crippen molar-refractivity contribution in [2.75, 3.05) is 32.9 Å². The van der Waals surface area contributed by atoms with Crippen molar-refractivity contribution in [1.29, 1.82) is 0 Å². The number of nitrogens with zero attached hydrogens (tertiary/aromatic N) is 2. The first-order valence-corrected chi connectivity index (χ1v) is 7.54. The number of carbonyl (C=O) groups excluding carboxylic acids is 2. The van der Waals surface area contributed by atoms with Gasteiger partial charge in [0, 0.05) is 32.5 Å². The molecule has 118 valence electrons. The molecular weight excluding hydrogens is 274 g/mol. The summed E-state index contributed by atoms with van der Waals surface area (Å²) in [5.41, 5.74) is 2.81. The molecule has 2 aliphatic rings. The number of likely N-dealkylation sites (tertiary alicyclic amines) is 1. The predicted octanol–water partition coefficient (Wildman–Crippen LogP) is 0.297. The summed E-state index contributed by atoms with van der Waals surface area (Å²) in [6.45, 7) is 5.23. The second-order valence-electron chi connectivity index (χ2n) is 5.15. The standard InChI is InChI=1S/C14H23N3O4/c1-2-20-9-10-21-11-5-7-17(8-6-11)14(19)12-3-4-13(18)16-15-12/h11H,2-10H2,1H3,(H,16,18). The molecule has 0 radical (unpaired) electrons. The molecule has 2 rings (SSSR count). The summed E-state index contributed by atoms with van der Waals surface area (Å²) in [5, 5.41) is 3.85. The van der Waals surface area contributed by atoms with E-state index < -0.39 is 0 Å². The number of nitrogens with one attached hydrogen (secondary N) is 1. The van der Waals surface area contributed by atoms with E-state index in [4.69, 9.17) is 9.47 Å². The molecule has 2 heterocycles. The zero-order valence-corrected chi connectivity index (χ0v) is 12.5. The highest BCUT2D eigenvalue weighted by atomic mass is 16.5. The lowest BCUT2D eigenvalue weighted by Gasteiger charge is -2.32. The lowest BCUT2D eigenvalue weighted by molar-refractivity contribution is -0.127. The lowest BCUT2D eigenvalue weighted by Crippen LogP contribution is -2.45. The van der Waals surface area contributed by atoms with E-state index in [2.05, 4.69) is 10.5 Å². The van der Waals surface area contributed by atoms with Crippen LogP contribution < -0.4 is 5.43 Å². The summed E-state index contributed by atoms with van der Waals surface area (Å²) in [5.74, 6) is -0.198. The van der Waals surface area contributed by atoms with Gasteiger partial charge in [-0.2, -0.15) is 5.10 Å². The van der Waals surface area contributed by atoms with Gasteiger partial charge in [-0.25, -0.2) is 5.43 Å². The van der Waals surface area contributed by atoms with Crippen molar-refractivity contribution in [3.63, 3.8) is 0 Å². The van der Waals surface area contributed by atoms with Gasteiger partial charge in [-0.1, -0.05) is 0 Å². The van der Waals surface area contributed by atoms with Crippen molar-refractivity contribution < 1.29 is 19.1 Å². The van der Waals surface area contributed by atoms with Crippen molar-refractivity contribution in [1.82, 2.24) is 10.3 Å². The molecule has 7 heteroatoms. The third-order valence-corrected chi connectivity index (χ3v) is 3.67. The summed E-state index contributed by atoms with van der Waals surface area (Å²) < 4.78 is 11.0.